The van der Waals surface area contributed by atoms with Crippen LogP contribution in [0.1, 0.15) is 37.7 Å². The monoisotopic (exact) mass is 560 g/mol. The van der Waals surface area contributed by atoms with Crippen LogP contribution in [0, 0.1) is 5.92 Å². The molecule has 3 rings (SSSR count). The maximum absolute atomic E-state index is 12.0. The Balaban J connectivity index is 0.00000363. The zero-order valence-corrected chi connectivity index (χ0v) is 21.7. The highest BCUT2D eigenvalue weighted by molar-refractivity contribution is 14.0. The molecule has 1 unspecified atom stereocenters. The van der Waals surface area contributed by atoms with Crippen LogP contribution in [-0.4, -0.2) is 70.4 Å². The first-order valence-electron chi connectivity index (χ1n) is 11.2. The molecule has 0 bridgehead atoms. The third kappa shape index (κ3) is 8.31. The van der Waals surface area contributed by atoms with Gasteiger partial charge in [0, 0.05) is 44.8 Å². The molecule has 9 heteroatoms. The molecule has 8 nitrogen and oxygen atoms in total. The lowest BCUT2D eigenvalue weighted by Crippen LogP contribution is -2.44. The molecule has 32 heavy (non-hydrogen) atoms. The van der Waals surface area contributed by atoms with Gasteiger partial charge in [0.15, 0.2) is 5.96 Å². The number of carbonyl (C=O) groups excluding carboxylic acids is 1. The molecule has 1 aliphatic heterocycles. The van der Waals surface area contributed by atoms with Crippen LogP contribution in [0.15, 0.2) is 23.2 Å². The molecule has 0 aromatic heterocycles. The first kappa shape index (κ1) is 26.5. The molecular weight excluding hydrogens is 523 g/mol. The van der Waals surface area contributed by atoms with Crippen molar-refractivity contribution in [2.75, 3.05) is 47.5 Å². The third-order valence-corrected chi connectivity index (χ3v) is 5.77. The summed E-state index contributed by atoms with van der Waals surface area (Å²) in [6, 6.07) is 5.87. The maximum Gasteiger partial charge on any atom is 0.241 e. The first-order valence-corrected chi connectivity index (χ1v) is 11.2. The van der Waals surface area contributed by atoms with Crippen molar-refractivity contribution in [2.45, 2.75) is 44.8 Å². The van der Waals surface area contributed by atoms with E-state index < -0.39 is 0 Å². The molecule has 0 spiro atoms. The number of likely N-dealkylation sites (N-methyl/N-ethyl adjacent to an activating group) is 1. The van der Waals surface area contributed by atoms with Crippen LogP contribution < -0.4 is 20.1 Å². The molecule has 1 saturated carbocycles. The van der Waals surface area contributed by atoms with E-state index >= 15 is 0 Å². The topological polar surface area (TPSA) is 84.4 Å². The van der Waals surface area contributed by atoms with Gasteiger partial charge < -0.3 is 29.7 Å². The van der Waals surface area contributed by atoms with Crippen molar-refractivity contribution in [3.63, 3.8) is 0 Å². The molecule has 1 aromatic rings. The summed E-state index contributed by atoms with van der Waals surface area (Å²) in [4.78, 5) is 18.3. The minimum atomic E-state index is -0.00611. The number of nitrogens with zero attached hydrogens (tertiary/aromatic N) is 2. The van der Waals surface area contributed by atoms with Crippen LogP contribution in [-0.2, 0) is 16.1 Å². The number of amides is 1. The summed E-state index contributed by atoms with van der Waals surface area (Å²) in [6.45, 7) is 2.95. The van der Waals surface area contributed by atoms with Crippen molar-refractivity contribution in [3.05, 3.63) is 23.8 Å². The molecular formula is C23H37IN4O4. The second-order valence-electron chi connectivity index (χ2n) is 8.42. The largest absolute Gasteiger partial charge is 0.497 e. The second kappa shape index (κ2) is 13.7. The highest BCUT2D eigenvalue weighted by Gasteiger charge is 2.19. The summed E-state index contributed by atoms with van der Waals surface area (Å²) >= 11 is 0. The summed E-state index contributed by atoms with van der Waals surface area (Å²) in [6.07, 6.45) is 5.89. The van der Waals surface area contributed by atoms with Crippen molar-refractivity contribution in [2.24, 2.45) is 10.9 Å². The summed E-state index contributed by atoms with van der Waals surface area (Å²) in [5, 5.41) is 6.52. The van der Waals surface area contributed by atoms with E-state index in [0.29, 0.717) is 18.4 Å². The molecule has 1 aliphatic carbocycles. The van der Waals surface area contributed by atoms with Gasteiger partial charge in [0.25, 0.3) is 0 Å². The van der Waals surface area contributed by atoms with E-state index in [2.05, 4.69) is 10.6 Å². The lowest BCUT2D eigenvalue weighted by molar-refractivity contribution is -0.127. The van der Waals surface area contributed by atoms with E-state index in [1.54, 1.807) is 26.1 Å². The van der Waals surface area contributed by atoms with Gasteiger partial charge in [-0.1, -0.05) is 0 Å². The predicted octanol–water partition coefficient (Wildman–Crippen LogP) is 2.79. The van der Waals surface area contributed by atoms with Gasteiger partial charge in [-0.25, -0.2) is 4.99 Å². The van der Waals surface area contributed by atoms with Crippen LogP contribution in [0.5, 0.6) is 11.5 Å². The Kier molecular flexibility index (Phi) is 11.4. The number of ether oxygens (including phenoxy) is 3. The van der Waals surface area contributed by atoms with Crippen LogP contribution in [0.25, 0.3) is 0 Å². The van der Waals surface area contributed by atoms with Crippen LogP contribution in [0.4, 0.5) is 0 Å². The van der Waals surface area contributed by atoms with E-state index in [1.807, 2.05) is 18.2 Å². The number of hydrogen-bond donors (Lipinski definition) is 2. The number of guanidine groups is 1. The van der Waals surface area contributed by atoms with Crippen LogP contribution >= 0.6 is 24.0 Å². The summed E-state index contributed by atoms with van der Waals surface area (Å²) in [5.41, 5.74) is 0.997. The Morgan fingerprint density at radius 2 is 2.00 bits per heavy atom. The summed E-state index contributed by atoms with van der Waals surface area (Å²) in [7, 11) is 5.15. The molecule has 2 fully saturated rings. The van der Waals surface area contributed by atoms with Crippen molar-refractivity contribution >= 4 is 35.8 Å². The number of carbonyl (C=O) groups is 1. The molecule has 2 N–H and O–H groups in total. The summed E-state index contributed by atoms with van der Waals surface area (Å²) < 4.78 is 17.1. The van der Waals surface area contributed by atoms with Gasteiger partial charge >= 0.3 is 0 Å². The van der Waals surface area contributed by atoms with E-state index in [9.17, 15) is 4.79 Å². The fourth-order valence-corrected chi connectivity index (χ4v) is 3.73. The van der Waals surface area contributed by atoms with Crippen molar-refractivity contribution in [3.8, 4) is 11.5 Å². The quantitative estimate of drug-likeness (QED) is 0.275. The van der Waals surface area contributed by atoms with Crippen molar-refractivity contribution in [1.82, 2.24) is 15.5 Å². The molecule has 2 aliphatic rings. The zero-order valence-electron chi connectivity index (χ0n) is 19.4. The van der Waals surface area contributed by atoms with Gasteiger partial charge in [-0.2, -0.15) is 0 Å². The molecule has 1 heterocycles. The predicted molar refractivity (Wildman–Crippen MR) is 136 cm³/mol. The fraction of sp³-hybridized carbons (Fsp3) is 0.652. The van der Waals surface area contributed by atoms with Gasteiger partial charge in [0.2, 0.25) is 5.91 Å². The zero-order chi connectivity index (χ0) is 22.1. The number of aliphatic imine (C=N–C) groups is 1. The van der Waals surface area contributed by atoms with Gasteiger partial charge in [-0.3, -0.25) is 4.79 Å². The average Bonchev–Trinajstić information content (AvgIpc) is 3.47. The number of halogens is 1. The Morgan fingerprint density at radius 1 is 1.22 bits per heavy atom. The average molecular weight is 560 g/mol. The number of benzene rings is 1. The molecule has 180 valence electrons. The van der Waals surface area contributed by atoms with E-state index in [4.69, 9.17) is 19.2 Å². The van der Waals surface area contributed by atoms with Gasteiger partial charge in [0.05, 0.1) is 32.9 Å². The SMILES string of the molecule is COc1ccc(CN=C(NCC(=O)N(C)C)NCC2CCOC2)c(OC2CCCC2)c1.I. The van der Waals surface area contributed by atoms with Crippen molar-refractivity contribution in [1.29, 1.82) is 0 Å². The minimum absolute atomic E-state index is 0. The Hall–Kier alpha value is -1.75. The highest BCUT2D eigenvalue weighted by Crippen LogP contribution is 2.30. The molecule has 1 aromatic carbocycles. The van der Waals surface area contributed by atoms with Gasteiger partial charge in [-0.15, -0.1) is 24.0 Å². The Morgan fingerprint density at radius 3 is 2.66 bits per heavy atom. The Bertz CT molecular complexity index is 748. The lowest BCUT2D eigenvalue weighted by Gasteiger charge is -2.18. The van der Waals surface area contributed by atoms with E-state index in [0.717, 1.165) is 56.1 Å². The van der Waals surface area contributed by atoms with E-state index in [1.165, 1.54) is 12.8 Å². The van der Waals surface area contributed by atoms with Crippen LogP contribution in [0.3, 0.4) is 0 Å². The number of hydrogen-bond acceptors (Lipinski definition) is 5. The molecule has 1 saturated heterocycles. The van der Waals surface area contributed by atoms with Crippen molar-refractivity contribution < 1.29 is 19.0 Å². The highest BCUT2D eigenvalue weighted by atomic mass is 127. The standard InChI is InChI=1S/C23H36N4O4.HI/c1-27(2)22(28)15-26-23(24-13-17-10-11-30-16-17)25-14-18-8-9-20(29-3)12-21(18)31-19-6-4-5-7-19;/h8-9,12,17,19H,4-7,10-11,13-16H2,1-3H3,(H2,24,25,26);1H. The smallest absolute Gasteiger partial charge is 0.241 e. The third-order valence-electron chi connectivity index (χ3n) is 5.77. The molecule has 1 amide bonds. The normalized spacial score (nSPS) is 18.7. The fourth-order valence-electron chi connectivity index (χ4n) is 3.73. The van der Waals surface area contributed by atoms with Gasteiger partial charge in [-0.05, 0) is 44.2 Å². The van der Waals surface area contributed by atoms with Crippen LogP contribution in [0.2, 0.25) is 0 Å². The number of nitrogens with one attached hydrogen (secondary N) is 2. The number of rotatable bonds is 9. The molecule has 0 radical (unpaired) electrons. The maximum atomic E-state index is 12.0. The second-order valence-corrected chi connectivity index (χ2v) is 8.42. The first-order chi connectivity index (χ1) is 15.0. The summed E-state index contributed by atoms with van der Waals surface area (Å²) in [5.74, 6) is 2.66. The van der Waals surface area contributed by atoms with E-state index in [-0.39, 0.29) is 42.5 Å². The molecule has 1 atom stereocenters. The number of methoxy groups -OCH3 is 1. The Labute approximate surface area is 208 Å². The minimum Gasteiger partial charge on any atom is -0.497 e. The lowest BCUT2D eigenvalue weighted by atomic mass is 10.1. The van der Waals surface area contributed by atoms with Gasteiger partial charge in [0.1, 0.15) is 11.5 Å².